The molecular weight excluding hydrogens is 200 g/mol. The number of aromatic nitrogens is 1. The van der Waals surface area contributed by atoms with Crippen molar-refractivity contribution in [2.24, 2.45) is 5.92 Å². The minimum absolute atomic E-state index is 0.0178. The van der Waals surface area contributed by atoms with Gasteiger partial charge in [0.05, 0.1) is 6.04 Å². The Labute approximate surface area is 95.7 Å². The highest BCUT2D eigenvalue weighted by Gasteiger charge is 2.43. The number of hydrogen-bond donors (Lipinski definition) is 1. The van der Waals surface area contributed by atoms with Crippen LogP contribution in [0.1, 0.15) is 12.5 Å². The minimum Gasteiger partial charge on any atom is -0.384 e. The third-order valence-corrected chi connectivity index (χ3v) is 3.76. The van der Waals surface area contributed by atoms with Crippen LogP contribution in [0.4, 0.5) is 0 Å². The molecule has 0 amide bonds. The number of aliphatic hydroxyl groups is 1. The first-order valence-electron chi connectivity index (χ1n) is 5.84. The van der Waals surface area contributed by atoms with Crippen LogP contribution >= 0.6 is 0 Å². The minimum atomic E-state index is -0.0178. The Hall–Kier alpha value is -1.24. The first kappa shape index (κ1) is 9.95. The standard InChI is InChI=1S/C13H16N2O/c16-7-3-4-12-8-11-9-15(12)10-13(11)14-5-1-2-6-14/h1-2,5-6,11-13,16H,7-10H2/t11-,12?,13?/m0/s1. The Morgan fingerprint density at radius 1 is 1.25 bits per heavy atom. The van der Waals surface area contributed by atoms with E-state index in [1.165, 1.54) is 0 Å². The highest BCUT2D eigenvalue weighted by molar-refractivity contribution is 5.15. The van der Waals surface area contributed by atoms with E-state index < -0.39 is 0 Å². The molecule has 84 valence electrons. The second-order valence-electron chi connectivity index (χ2n) is 4.64. The van der Waals surface area contributed by atoms with Gasteiger partial charge >= 0.3 is 0 Å². The summed E-state index contributed by atoms with van der Waals surface area (Å²) in [7, 11) is 0. The number of nitrogens with zero attached hydrogens (tertiary/aromatic N) is 2. The van der Waals surface area contributed by atoms with E-state index in [2.05, 4.69) is 45.8 Å². The lowest BCUT2D eigenvalue weighted by Gasteiger charge is -2.27. The third-order valence-electron chi connectivity index (χ3n) is 3.76. The number of piperidine rings is 1. The van der Waals surface area contributed by atoms with Gasteiger partial charge in [0.2, 0.25) is 0 Å². The predicted molar refractivity (Wildman–Crippen MR) is 61.8 cm³/mol. The van der Waals surface area contributed by atoms with Crippen LogP contribution in [0.15, 0.2) is 24.5 Å². The van der Waals surface area contributed by atoms with Gasteiger partial charge in [0.25, 0.3) is 0 Å². The Morgan fingerprint density at radius 3 is 2.69 bits per heavy atom. The van der Waals surface area contributed by atoms with Gasteiger partial charge in [-0.25, -0.2) is 0 Å². The van der Waals surface area contributed by atoms with Gasteiger partial charge in [-0.2, -0.15) is 0 Å². The molecule has 2 aliphatic heterocycles. The first-order chi connectivity index (χ1) is 7.88. The molecule has 1 aromatic heterocycles. The van der Waals surface area contributed by atoms with E-state index in [0.717, 1.165) is 25.4 Å². The monoisotopic (exact) mass is 216 g/mol. The maximum atomic E-state index is 8.70. The van der Waals surface area contributed by atoms with Crippen molar-refractivity contribution in [2.75, 3.05) is 19.7 Å². The fourth-order valence-corrected chi connectivity index (χ4v) is 3.03. The molecule has 0 aliphatic carbocycles. The summed E-state index contributed by atoms with van der Waals surface area (Å²) in [6, 6.07) is 5.18. The van der Waals surface area contributed by atoms with Crippen LogP contribution in [0.5, 0.6) is 0 Å². The molecule has 3 rings (SSSR count). The normalized spacial score (nSPS) is 36.1. The Bertz CT molecular complexity index is 415. The Kier molecular flexibility index (Phi) is 2.47. The number of rotatable bonds is 1. The lowest BCUT2D eigenvalue weighted by molar-refractivity contribution is 0.260. The molecule has 16 heavy (non-hydrogen) atoms. The van der Waals surface area contributed by atoms with Crippen molar-refractivity contribution in [3.8, 4) is 11.8 Å². The summed E-state index contributed by atoms with van der Waals surface area (Å²) in [4.78, 5) is 2.44. The van der Waals surface area contributed by atoms with E-state index in [1.807, 2.05) is 0 Å². The smallest absolute Gasteiger partial charge is 0.104 e. The van der Waals surface area contributed by atoms with E-state index in [9.17, 15) is 0 Å². The molecule has 1 N–H and O–H groups in total. The fourth-order valence-electron chi connectivity index (χ4n) is 3.03. The van der Waals surface area contributed by atoms with Crippen LogP contribution in [0, 0.1) is 17.8 Å². The van der Waals surface area contributed by atoms with Gasteiger partial charge in [-0.15, -0.1) is 0 Å². The maximum absolute atomic E-state index is 8.70. The van der Waals surface area contributed by atoms with Crippen LogP contribution in [0.2, 0.25) is 0 Å². The Balaban J connectivity index is 1.71. The van der Waals surface area contributed by atoms with Gasteiger partial charge < -0.3 is 9.67 Å². The van der Waals surface area contributed by atoms with Crippen molar-refractivity contribution >= 4 is 0 Å². The van der Waals surface area contributed by atoms with E-state index in [0.29, 0.717) is 12.1 Å². The molecule has 3 heterocycles. The zero-order valence-electron chi connectivity index (χ0n) is 9.21. The van der Waals surface area contributed by atoms with Crippen molar-refractivity contribution < 1.29 is 5.11 Å². The van der Waals surface area contributed by atoms with Crippen LogP contribution in [0.25, 0.3) is 0 Å². The molecule has 3 unspecified atom stereocenters. The van der Waals surface area contributed by atoms with Crippen LogP contribution in [-0.2, 0) is 0 Å². The van der Waals surface area contributed by atoms with Gasteiger partial charge in [-0.3, -0.25) is 4.90 Å². The molecule has 0 spiro atoms. The largest absolute Gasteiger partial charge is 0.384 e. The summed E-state index contributed by atoms with van der Waals surface area (Å²) in [5.41, 5.74) is 0. The summed E-state index contributed by atoms with van der Waals surface area (Å²) < 4.78 is 2.32. The molecule has 2 aliphatic rings. The van der Waals surface area contributed by atoms with Crippen molar-refractivity contribution in [3.05, 3.63) is 24.5 Å². The molecule has 0 aromatic carbocycles. The van der Waals surface area contributed by atoms with Crippen molar-refractivity contribution in [2.45, 2.75) is 18.5 Å². The van der Waals surface area contributed by atoms with E-state index in [1.54, 1.807) is 0 Å². The van der Waals surface area contributed by atoms with Crippen molar-refractivity contribution in [3.63, 3.8) is 0 Å². The molecule has 0 saturated carbocycles. The molecule has 1 aromatic rings. The predicted octanol–water partition coefficient (Wildman–Crippen LogP) is 0.729. The average Bonchev–Trinajstić information content (AvgIpc) is 3.00. The number of hydrogen-bond acceptors (Lipinski definition) is 2. The molecule has 2 saturated heterocycles. The maximum Gasteiger partial charge on any atom is 0.104 e. The fraction of sp³-hybridized carbons (Fsp3) is 0.538. The molecule has 3 nitrogen and oxygen atoms in total. The second-order valence-corrected chi connectivity index (χ2v) is 4.64. The van der Waals surface area contributed by atoms with E-state index in [4.69, 9.17) is 5.11 Å². The van der Waals surface area contributed by atoms with Gasteiger partial charge in [-0.1, -0.05) is 11.8 Å². The summed E-state index contributed by atoms with van der Waals surface area (Å²) in [5, 5.41) is 8.70. The van der Waals surface area contributed by atoms with Crippen molar-refractivity contribution in [1.82, 2.24) is 9.47 Å². The highest BCUT2D eigenvalue weighted by atomic mass is 16.2. The SMILES string of the molecule is OCC#CC1C[C@H]2CN1CC2n1cccc1. The lowest BCUT2D eigenvalue weighted by atomic mass is 9.95. The first-order valence-corrected chi connectivity index (χ1v) is 5.84. The molecule has 2 fully saturated rings. The number of aliphatic hydroxyl groups excluding tert-OH is 1. The molecule has 4 atom stereocenters. The molecule has 3 heteroatoms. The van der Waals surface area contributed by atoms with E-state index in [-0.39, 0.29) is 6.61 Å². The lowest BCUT2D eigenvalue weighted by Crippen LogP contribution is -2.33. The molecule has 0 radical (unpaired) electrons. The average molecular weight is 216 g/mol. The van der Waals surface area contributed by atoms with Crippen molar-refractivity contribution in [1.29, 1.82) is 0 Å². The summed E-state index contributed by atoms with van der Waals surface area (Å²) >= 11 is 0. The number of fused-ring (bicyclic) bond motifs is 2. The van der Waals surface area contributed by atoms with Gasteiger partial charge in [0.1, 0.15) is 6.61 Å². The highest BCUT2D eigenvalue weighted by Crippen LogP contribution is 2.39. The van der Waals surface area contributed by atoms with Crippen LogP contribution in [-0.4, -0.2) is 40.3 Å². The third kappa shape index (κ3) is 1.55. The molecular formula is C13H16N2O. The van der Waals surface area contributed by atoms with Gasteiger partial charge in [0.15, 0.2) is 0 Å². The van der Waals surface area contributed by atoms with Gasteiger partial charge in [0, 0.05) is 31.5 Å². The van der Waals surface area contributed by atoms with Crippen LogP contribution in [0.3, 0.4) is 0 Å². The zero-order valence-corrected chi connectivity index (χ0v) is 9.21. The van der Waals surface area contributed by atoms with Gasteiger partial charge in [-0.05, 0) is 24.5 Å². The zero-order chi connectivity index (χ0) is 11.0. The molecule has 2 bridgehead atoms. The summed E-state index contributed by atoms with van der Waals surface area (Å²) in [6.07, 6.45) is 5.46. The Morgan fingerprint density at radius 2 is 2.06 bits per heavy atom. The van der Waals surface area contributed by atoms with E-state index >= 15 is 0 Å². The topological polar surface area (TPSA) is 28.4 Å². The second kappa shape index (κ2) is 3.97. The quantitative estimate of drug-likeness (QED) is 0.701. The summed E-state index contributed by atoms with van der Waals surface area (Å²) in [6.45, 7) is 2.24. The summed E-state index contributed by atoms with van der Waals surface area (Å²) in [5.74, 6) is 6.65. The van der Waals surface area contributed by atoms with Crippen LogP contribution < -0.4 is 0 Å².